The van der Waals surface area contributed by atoms with Crippen molar-refractivity contribution in [2.45, 2.75) is 26.9 Å². The van der Waals surface area contributed by atoms with Crippen molar-refractivity contribution in [2.24, 2.45) is 5.10 Å². The molecule has 0 saturated heterocycles. The van der Waals surface area contributed by atoms with E-state index in [1.54, 1.807) is 25.1 Å². The van der Waals surface area contributed by atoms with Gasteiger partial charge in [-0.05, 0) is 73.9 Å². The lowest BCUT2D eigenvalue weighted by Gasteiger charge is -2.14. The zero-order chi connectivity index (χ0) is 29.3. The molecule has 0 saturated carbocycles. The Morgan fingerprint density at radius 2 is 1.57 bits per heavy atom. The zero-order valence-electron chi connectivity index (χ0n) is 21.9. The number of nitrogens with zero attached hydrogens (tertiary/aromatic N) is 1. The first-order valence-corrected chi connectivity index (χ1v) is 12.0. The van der Waals surface area contributed by atoms with Gasteiger partial charge in [-0.1, -0.05) is 24.3 Å². The topological polar surface area (TPSA) is 118 Å². The second kappa shape index (κ2) is 13.3. The fourth-order valence-corrected chi connectivity index (χ4v) is 3.50. The third-order valence-electron chi connectivity index (χ3n) is 5.41. The van der Waals surface area contributed by atoms with E-state index in [0.717, 1.165) is 28.9 Å². The summed E-state index contributed by atoms with van der Waals surface area (Å²) < 4.78 is 49.7. The van der Waals surface area contributed by atoms with E-state index in [0.29, 0.717) is 29.7 Å². The van der Waals surface area contributed by atoms with Gasteiger partial charge in [-0.15, -0.1) is 0 Å². The predicted molar refractivity (Wildman–Crippen MR) is 143 cm³/mol. The molecule has 3 N–H and O–H groups in total. The van der Waals surface area contributed by atoms with E-state index >= 15 is 0 Å². The van der Waals surface area contributed by atoms with Crippen LogP contribution in [0, 0.1) is 13.8 Å². The fraction of sp³-hybridized carbons (Fsp3) is 0.214. The maximum Gasteiger partial charge on any atom is 0.416 e. The summed E-state index contributed by atoms with van der Waals surface area (Å²) in [4.78, 5) is 36.5. The van der Waals surface area contributed by atoms with E-state index in [1.165, 1.54) is 12.3 Å². The largest absolute Gasteiger partial charge is 0.490 e. The van der Waals surface area contributed by atoms with Crippen LogP contribution in [-0.4, -0.2) is 37.1 Å². The van der Waals surface area contributed by atoms with Crippen molar-refractivity contribution < 1.29 is 37.0 Å². The molecule has 9 nitrogen and oxygen atoms in total. The lowest BCUT2D eigenvalue weighted by Crippen LogP contribution is -2.32. The lowest BCUT2D eigenvalue weighted by molar-refractivity contribution is -0.137. The molecule has 210 valence electrons. The van der Waals surface area contributed by atoms with Gasteiger partial charge in [0.1, 0.15) is 0 Å². The average molecular weight is 557 g/mol. The SMILES string of the molecule is CCOc1cc(/C=N/NC(=O)C(=O)Nc2cccc(C(F)(F)F)c2)ccc1OCC(=O)Nc1c(C)cccc1C. The van der Waals surface area contributed by atoms with Gasteiger partial charge in [0.15, 0.2) is 18.1 Å². The number of halogens is 3. The van der Waals surface area contributed by atoms with Crippen LogP contribution in [0.4, 0.5) is 24.5 Å². The smallest absolute Gasteiger partial charge is 0.416 e. The van der Waals surface area contributed by atoms with Gasteiger partial charge in [-0.3, -0.25) is 14.4 Å². The number of para-hydroxylation sites is 1. The van der Waals surface area contributed by atoms with Crippen LogP contribution in [0.1, 0.15) is 29.2 Å². The second-order valence-electron chi connectivity index (χ2n) is 8.47. The van der Waals surface area contributed by atoms with E-state index in [4.69, 9.17) is 9.47 Å². The number of aryl methyl sites for hydroxylation is 2. The van der Waals surface area contributed by atoms with Crippen LogP contribution in [0.5, 0.6) is 11.5 Å². The highest BCUT2D eigenvalue weighted by molar-refractivity contribution is 6.39. The molecule has 3 rings (SSSR count). The van der Waals surface area contributed by atoms with Crippen LogP contribution in [-0.2, 0) is 20.6 Å². The first-order chi connectivity index (χ1) is 19.0. The molecule has 0 bridgehead atoms. The molecule has 0 fully saturated rings. The molecular weight excluding hydrogens is 529 g/mol. The number of ether oxygens (including phenoxy) is 2. The highest BCUT2D eigenvalue weighted by atomic mass is 19.4. The molecule has 3 aromatic rings. The Morgan fingerprint density at radius 3 is 2.25 bits per heavy atom. The zero-order valence-corrected chi connectivity index (χ0v) is 21.9. The molecule has 0 aliphatic carbocycles. The van der Waals surface area contributed by atoms with Crippen molar-refractivity contribution in [2.75, 3.05) is 23.8 Å². The number of hydrogen-bond acceptors (Lipinski definition) is 6. The summed E-state index contributed by atoms with van der Waals surface area (Å²) in [6, 6.07) is 14.3. The van der Waals surface area contributed by atoms with Crippen molar-refractivity contribution in [1.29, 1.82) is 0 Å². The summed E-state index contributed by atoms with van der Waals surface area (Å²) in [5.41, 5.74) is 3.88. The van der Waals surface area contributed by atoms with Crippen molar-refractivity contribution in [1.82, 2.24) is 5.43 Å². The Balaban J connectivity index is 1.58. The van der Waals surface area contributed by atoms with Crippen LogP contribution in [0.2, 0.25) is 0 Å². The fourth-order valence-electron chi connectivity index (χ4n) is 3.50. The lowest BCUT2D eigenvalue weighted by atomic mass is 10.1. The first kappa shape index (κ1) is 29.7. The second-order valence-corrected chi connectivity index (χ2v) is 8.47. The monoisotopic (exact) mass is 556 g/mol. The van der Waals surface area contributed by atoms with Gasteiger partial charge in [0.25, 0.3) is 5.91 Å². The number of carbonyl (C=O) groups is 3. The highest BCUT2D eigenvalue weighted by Crippen LogP contribution is 2.31. The molecule has 0 radical (unpaired) electrons. The Morgan fingerprint density at radius 1 is 0.875 bits per heavy atom. The van der Waals surface area contributed by atoms with Crippen LogP contribution in [0.25, 0.3) is 0 Å². The standard InChI is InChI=1S/C28H27F3N4O5/c1-4-39-23-13-19(11-12-22(23)40-16-24(36)34-25-17(2)7-5-8-18(25)3)15-32-35-27(38)26(37)33-21-10-6-9-20(14-21)28(29,30)31/h5-15H,4,16H2,1-3H3,(H,33,37)(H,34,36)(H,35,38)/b32-15+. The molecule has 3 amide bonds. The first-order valence-electron chi connectivity index (χ1n) is 12.0. The molecule has 0 spiro atoms. The normalized spacial score (nSPS) is 11.2. The van der Waals surface area contributed by atoms with Gasteiger partial charge >= 0.3 is 18.0 Å². The Kier molecular flexibility index (Phi) is 9.85. The molecule has 40 heavy (non-hydrogen) atoms. The molecule has 0 aromatic heterocycles. The molecule has 3 aromatic carbocycles. The molecular formula is C28H27F3N4O5. The molecule has 0 atom stereocenters. The third kappa shape index (κ3) is 8.32. The van der Waals surface area contributed by atoms with Gasteiger partial charge in [0.05, 0.1) is 18.4 Å². The number of nitrogens with one attached hydrogen (secondary N) is 3. The summed E-state index contributed by atoms with van der Waals surface area (Å²) >= 11 is 0. The number of carbonyl (C=O) groups excluding carboxylic acids is 3. The molecule has 0 aliphatic rings. The number of amides is 3. The van der Waals surface area contributed by atoms with Crippen molar-refractivity contribution >= 4 is 35.3 Å². The third-order valence-corrected chi connectivity index (χ3v) is 5.41. The summed E-state index contributed by atoms with van der Waals surface area (Å²) in [5, 5.41) is 8.62. The Hall–Kier alpha value is -4.87. The highest BCUT2D eigenvalue weighted by Gasteiger charge is 2.30. The van der Waals surface area contributed by atoms with E-state index in [1.807, 2.05) is 37.5 Å². The predicted octanol–water partition coefficient (Wildman–Crippen LogP) is 4.83. The summed E-state index contributed by atoms with van der Waals surface area (Å²) in [5.74, 6) is -2.11. The summed E-state index contributed by atoms with van der Waals surface area (Å²) in [7, 11) is 0. The van der Waals surface area contributed by atoms with Crippen molar-refractivity contribution in [3.05, 3.63) is 82.9 Å². The van der Waals surface area contributed by atoms with Crippen LogP contribution >= 0.6 is 0 Å². The van der Waals surface area contributed by atoms with E-state index in [2.05, 4.69) is 15.7 Å². The Bertz CT molecular complexity index is 1400. The molecule has 0 heterocycles. The molecule has 0 aliphatic heterocycles. The van der Waals surface area contributed by atoms with E-state index in [9.17, 15) is 27.6 Å². The van der Waals surface area contributed by atoms with Crippen LogP contribution in [0.3, 0.4) is 0 Å². The minimum Gasteiger partial charge on any atom is -0.490 e. The number of anilines is 2. The molecule has 0 unspecified atom stereocenters. The maximum absolute atomic E-state index is 12.8. The number of hydrazone groups is 1. The average Bonchev–Trinajstić information content (AvgIpc) is 2.90. The van der Waals surface area contributed by atoms with Crippen LogP contribution < -0.4 is 25.5 Å². The number of hydrogen-bond donors (Lipinski definition) is 3. The van der Waals surface area contributed by atoms with E-state index < -0.39 is 23.6 Å². The van der Waals surface area contributed by atoms with Gasteiger partial charge in [-0.25, -0.2) is 5.43 Å². The Labute approximate surface area is 228 Å². The number of rotatable bonds is 9. The van der Waals surface area contributed by atoms with Gasteiger partial charge < -0.3 is 20.1 Å². The quantitative estimate of drug-likeness (QED) is 0.198. The van der Waals surface area contributed by atoms with Gasteiger partial charge in [0, 0.05) is 11.4 Å². The number of benzene rings is 3. The van der Waals surface area contributed by atoms with Gasteiger partial charge in [-0.2, -0.15) is 18.3 Å². The van der Waals surface area contributed by atoms with Crippen LogP contribution in [0.15, 0.2) is 65.8 Å². The maximum atomic E-state index is 12.8. The van der Waals surface area contributed by atoms with E-state index in [-0.39, 0.29) is 18.2 Å². The van der Waals surface area contributed by atoms with Gasteiger partial charge in [0.2, 0.25) is 0 Å². The summed E-state index contributed by atoms with van der Waals surface area (Å²) in [6.07, 6.45) is -3.36. The number of alkyl halides is 3. The van der Waals surface area contributed by atoms with Crippen molar-refractivity contribution in [3.8, 4) is 11.5 Å². The minimum absolute atomic E-state index is 0.196. The molecule has 12 heteroatoms. The van der Waals surface area contributed by atoms with Crippen molar-refractivity contribution in [3.63, 3.8) is 0 Å². The summed E-state index contributed by atoms with van der Waals surface area (Å²) in [6.45, 7) is 5.59. The minimum atomic E-state index is -4.60.